The summed E-state index contributed by atoms with van der Waals surface area (Å²) in [6.07, 6.45) is 3.16. The zero-order valence-corrected chi connectivity index (χ0v) is 17.0. The molecule has 1 atom stereocenters. The van der Waals surface area contributed by atoms with E-state index in [9.17, 15) is 4.79 Å². The molecule has 0 saturated heterocycles. The van der Waals surface area contributed by atoms with Crippen LogP contribution in [0.3, 0.4) is 0 Å². The first-order valence-electron chi connectivity index (χ1n) is 8.48. The highest BCUT2D eigenvalue weighted by atomic mass is 35.5. The third kappa shape index (κ3) is 4.73. The van der Waals surface area contributed by atoms with E-state index in [0.29, 0.717) is 26.9 Å². The topological polar surface area (TPSA) is 59.9 Å². The Bertz CT molecular complexity index is 829. The van der Waals surface area contributed by atoms with Crippen molar-refractivity contribution in [1.82, 2.24) is 5.32 Å². The summed E-state index contributed by atoms with van der Waals surface area (Å²) in [6.45, 7) is 9.61. The Balaban J connectivity index is 2.61. The molecule has 0 amide bonds. The lowest BCUT2D eigenvalue weighted by molar-refractivity contribution is -0.138. The zero-order valence-electron chi connectivity index (χ0n) is 15.5. The van der Waals surface area contributed by atoms with Crippen molar-refractivity contribution in [3.05, 3.63) is 69.0 Å². The predicted octanol–water partition coefficient (Wildman–Crippen LogP) is 4.98. The highest BCUT2D eigenvalue weighted by Gasteiger charge is 2.35. The molecular formula is C20H22Cl2N2O3. The van der Waals surface area contributed by atoms with Crippen molar-refractivity contribution in [3.8, 4) is 0 Å². The lowest BCUT2D eigenvalue weighted by Crippen LogP contribution is -2.29. The lowest BCUT2D eigenvalue weighted by atomic mass is 9.81. The summed E-state index contributed by atoms with van der Waals surface area (Å²) in [4.78, 5) is 17.8. The van der Waals surface area contributed by atoms with Crippen molar-refractivity contribution in [2.24, 2.45) is 5.16 Å². The number of nitrogens with one attached hydrogen (secondary N) is 1. The maximum Gasteiger partial charge on any atom is 0.336 e. The summed E-state index contributed by atoms with van der Waals surface area (Å²) >= 11 is 12.7. The van der Waals surface area contributed by atoms with Gasteiger partial charge in [-0.1, -0.05) is 53.1 Å². The molecule has 0 fully saturated rings. The second-order valence-electron chi connectivity index (χ2n) is 5.86. The number of rotatable bonds is 7. The number of oxime groups is 1. The summed E-state index contributed by atoms with van der Waals surface area (Å²) in [5, 5.41) is 7.98. The van der Waals surface area contributed by atoms with E-state index in [1.807, 2.05) is 19.9 Å². The number of dihydropyridines is 1. The molecule has 0 radical (unpaired) electrons. The van der Waals surface area contributed by atoms with Gasteiger partial charge in [0.05, 0.1) is 28.4 Å². The van der Waals surface area contributed by atoms with Crippen LogP contribution in [0.5, 0.6) is 0 Å². The molecule has 7 heteroatoms. The van der Waals surface area contributed by atoms with E-state index in [4.69, 9.17) is 32.8 Å². The van der Waals surface area contributed by atoms with Gasteiger partial charge in [0.1, 0.15) is 6.61 Å². The second-order valence-corrected chi connectivity index (χ2v) is 6.64. The minimum atomic E-state index is -0.493. The van der Waals surface area contributed by atoms with Crippen LogP contribution in [0.1, 0.15) is 32.3 Å². The second kappa shape index (κ2) is 9.62. The number of carbonyl (C=O) groups excluding carboxylic acids is 1. The van der Waals surface area contributed by atoms with Gasteiger partial charge in [0, 0.05) is 22.9 Å². The first-order chi connectivity index (χ1) is 12.9. The van der Waals surface area contributed by atoms with Crippen molar-refractivity contribution in [3.63, 3.8) is 0 Å². The average molecular weight is 409 g/mol. The van der Waals surface area contributed by atoms with Gasteiger partial charge in [-0.15, -0.1) is 0 Å². The van der Waals surface area contributed by atoms with Crippen molar-refractivity contribution < 1.29 is 14.4 Å². The van der Waals surface area contributed by atoms with Gasteiger partial charge in [-0.25, -0.2) is 4.79 Å². The SMILES string of the molecule is C=CCO/N=C/C1=C(C)NC(C)=C(C(=O)OCC)C1c1cccc(Cl)c1Cl. The lowest BCUT2D eigenvalue weighted by Gasteiger charge is -2.30. The number of hydrogen-bond donors (Lipinski definition) is 1. The van der Waals surface area contributed by atoms with Crippen molar-refractivity contribution in [2.45, 2.75) is 26.7 Å². The van der Waals surface area contributed by atoms with E-state index in [0.717, 1.165) is 11.3 Å². The van der Waals surface area contributed by atoms with Crippen LogP contribution in [0.4, 0.5) is 0 Å². The zero-order chi connectivity index (χ0) is 20.0. The molecule has 1 heterocycles. The van der Waals surface area contributed by atoms with E-state index in [1.54, 1.807) is 31.3 Å². The minimum absolute atomic E-state index is 0.264. The van der Waals surface area contributed by atoms with E-state index in [1.165, 1.54) is 0 Å². The molecule has 1 aliphatic heterocycles. The van der Waals surface area contributed by atoms with Gasteiger partial charge in [0.15, 0.2) is 0 Å². The molecule has 27 heavy (non-hydrogen) atoms. The summed E-state index contributed by atoms with van der Waals surface area (Å²) in [5.41, 5.74) is 3.40. The van der Waals surface area contributed by atoms with Gasteiger partial charge in [0.2, 0.25) is 0 Å². The van der Waals surface area contributed by atoms with Crippen molar-refractivity contribution in [2.75, 3.05) is 13.2 Å². The van der Waals surface area contributed by atoms with Gasteiger partial charge >= 0.3 is 5.97 Å². The van der Waals surface area contributed by atoms with Gasteiger partial charge in [-0.2, -0.15) is 0 Å². The molecule has 0 aromatic heterocycles. The maximum absolute atomic E-state index is 12.7. The van der Waals surface area contributed by atoms with Gasteiger partial charge in [0.25, 0.3) is 0 Å². The van der Waals surface area contributed by atoms with Gasteiger partial charge < -0.3 is 14.9 Å². The molecule has 1 unspecified atom stereocenters. The number of hydrogen-bond acceptors (Lipinski definition) is 5. The number of allylic oxidation sites excluding steroid dienone is 3. The Morgan fingerprint density at radius 1 is 1.33 bits per heavy atom. The number of carbonyl (C=O) groups is 1. The Labute approximate surface area is 169 Å². The van der Waals surface area contributed by atoms with Gasteiger partial charge in [-0.3, -0.25) is 0 Å². The molecule has 0 bridgehead atoms. The number of halogens is 2. The minimum Gasteiger partial charge on any atom is -0.463 e. The normalized spacial score (nSPS) is 17.1. The average Bonchev–Trinajstić information content (AvgIpc) is 2.62. The van der Waals surface area contributed by atoms with Crippen LogP contribution >= 0.6 is 23.2 Å². The molecule has 0 saturated carbocycles. The molecule has 2 rings (SSSR count). The fourth-order valence-electron chi connectivity index (χ4n) is 2.92. The Hall–Kier alpha value is -2.24. The van der Waals surface area contributed by atoms with Crippen LogP contribution in [0.15, 0.2) is 58.6 Å². The monoisotopic (exact) mass is 408 g/mol. The van der Waals surface area contributed by atoms with Crippen molar-refractivity contribution >= 4 is 35.4 Å². The van der Waals surface area contributed by atoms with E-state index >= 15 is 0 Å². The third-order valence-corrected chi connectivity index (χ3v) is 4.89. The molecule has 1 aromatic rings. The molecule has 1 aromatic carbocycles. The largest absolute Gasteiger partial charge is 0.463 e. The number of esters is 1. The summed E-state index contributed by atoms with van der Waals surface area (Å²) in [7, 11) is 0. The predicted molar refractivity (Wildman–Crippen MR) is 109 cm³/mol. The van der Waals surface area contributed by atoms with E-state index in [2.05, 4.69) is 17.1 Å². The fraction of sp³-hybridized carbons (Fsp3) is 0.300. The smallest absolute Gasteiger partial charge is 0.336 e. The van der Waals surface area contributed by atoms with Crippen LogP contribution in [0.2, 0.25) is 10.0 Å². The molecule has 5 nitrogen and oxygen atoms in total. The highest BCUT2D eigenvalue weighted by Crippen LogP contribution is 2.42. The van der Waals surface area contributed by atoms with Crippen LogP contribution < -0.4 is 5.32 Å². The summed E-state index contributed by atoms with van der Waals surface area (Å²) in [5.74, 6) is -0.915. The quantitative estimate of drug-likeness (QED) is 0.227. The van der Waals surface area contributed by atoms with Crippen LogP contribution in [0.25, 0.3) is 0 Å². The van der Waals surface area contributed by atoms with E-state index in [-0.39, 0.29) is 13.2 Å². The number of nitrogens with zero attached hydrogens (tertiary/aromatic N) is 1. The third-order valence-electron chi connectivity index (χ3n) is 4.06. The summed E-state index contributed by atoms with van der Waals surface area (Å²) < 4.78 is 5.28. The molecular weight excluding hydrogens is 387 g/mol. The number of ether oxygens (including phenoxy) is 1. The Kier molecular flexibility index (Phi) is 7.51. The first-order valence-corrected chi connectivity index (χ1v) is 9.23. The molecule has 0 spiro atoms. The van der Waals surface area contributed by atoms with E-state index < -0.39 is 11.9 Å². The molecule has 144 valence electrons. The molecule has 1 N–H and O–H groups in total. The fourth-order valence-corrected chi connectivity index (χ4v) is 3.33. The standard InChI is InChI=1S/C20H22Cl2N2O3/c1-5-10-27-23-11-15-12(3)24-13(4)17(20(25)26-6-2)18(15)14-8-7-9-16(21)19(14)22/h5,7-9,11,18,24H,1,6,10H2,2-4H3/b23-11+. The first kappa shape index (κ1) is 21.1. The van der Waals surface area contributed by atoms with Crippen LogP contribution in [-0.2, 0) is 14.4 Å². The summed E-state index contributed by atoms with van der Waals surface area (Å²) in [6, 6.07) is 5.33. The maximum atomic E-state index is 12.7. The van der Waals surface area contributed by atoms with Crippen LogP contribution in [0, 0.1) is 0 Å². The van der Waals surface area contributed by atoms with Gasteiger partial charge in [-0.05, 0) is 32.4 Å². The molecule has 1 aliphatic rings. The van der Waals surface area contributed by atoms with Crippen LogP contribution in [-0.4, -0.2) is 25.4 Å². The number of benzene rings is 1. The Morgan fingerprint density at radius 3 is 2.74 bits per heavy atom. The highest BCUT2D eigenvalue weighted by molar-refractivity contribution is 6.42. The Morgan fingerprint density at radius 2 is 2.07 bits per heavy atom. The molecule has 0 aliphatic carbocycles. The van der Waals surface area contributed by atoms with Crippen molar-refractivity contribution in [1.29, 1.82) is 0 Å².